The molecule has 2 rings (SSSR count). The Morgan fingerprint density at radius 2 is 2.26 bits per heavy atom. The number of anilines is 1. The first kappa shape index (κ1) is 13.5. The van der Waals surface area contributed by atoms with Crippen molar-refractivity contribution in [2.24, 2.45) is 0 Å². The Balaban J connectivity index is 2.13. The minimum absolute atomic E-state index is 0.0172. The molecule has 6 heteroatoms. The second-order valence-corrected chi connectivity index (χ2v) is 5.44. The molecule has 0 saturated heterocycles. The van der Waals surface area contributed by atoms with Gasteiger partial charge in [-0.3, -0.25) is 10.1 Å². The largest absolute Gasteiger partial charge is 0.362 e. The number of nitrogens with one attached hydrogen (secondary N) is 1. The van der Waals surface area contributed by atoms with Crippen LogP contribution in [0.2, 0.25) is 0 Å². The fraction of sp³-hybridized carbons (Fsp3) is 0.308. The minimum atomic E-state index is -0.410. The van der Waals surface area contributed by atoms with Crippen molar-refractivity contribution in [1.82, 2.24) is 4.98 Å². The van der Waals surface area contributed by atoms with E-state index < -0.39 is 4.92 Å². The minimum Gasteiger partial charge on any atom is -0.362 e. The van der Waals surface area contributed by atoms with Gasteiger partial charge >= 0.3 is 5.69 Å². The molecule has 1 N–H and O–H groups in total. The van der Waals surface area contributed by atoms with Crippen LogP contribution in [0.1, 0.15) is 17.5 Å². The summed E-state index contributed by atoms with van der Waals surface area (Å²) >= 11 is 1.68. The maximum Gasteiger partial charge on any atom is 0.311 e. The van der Waals surface area contributed by atoms with Gasteiger partial charge in [0.1, 0.15) is 0 Å². The van der Waals surface area contributed by atoms with Gasteiger partial charge in [0.05, 0.1) is 4.92 Å². The molecule has 0 amide bonds. The van der Waals surface area contributed by atoms with E-state index in [2.05, 4.69) is 16.4 Å². The second-order valence-electron chi connectivity index (χ2n) is 4.41. The summed E-state index contributed by atoms with van der Waals surface area (Å²) in [6.45, 7) is 3.81. The zero-order chi connectivity index (χ0) is 13.8. The van der Waals surface area contributed by atoms with E-state index in [0.717, 1.165) is 12.1 Å². The number of aromatic nitrogens is 1. The molecule has 0 saturated carbocycles. The Morgan fingerprint density at radius 3 is 2.89 bits per heavy atom. The predicted octanol–water partition coefficient (Wildman–Crippen LogP) is 3.40. The van der Waals surface area contributed by atoms with E-state index in [9.17, 15) is 10.1 Å². The first-order valence-corrected chi connectivity index (χ1v) is 6.85. The lowest BCUT2D eigenvalue weighted by Gasteiger charge is -2.13. The highest BCUT2D eigenvalue weighted by atomic mass is 32.1. The van der Waals surface area contributed by atoms with Gasteiger partial charge in [-0.1, -0.05) is 6.07 Å². The van der Waals surface area contributed by atoms with Crippen molar-refractivity contribution in [3.8, 4) is 0 Å². The van der Waals surface area contributed by atoms with Crippen LogP contribution in [0.25, 0.3) is 0 Å². The van der Waals surface area contributed by atoms with Gasteiger partial charge in [0.25, 0.3) is 0 Å². The molecule has 19 heavy (non-hydrogen) atoms. The summed E-state index contributed by atoms with van der Waals surface area (Å²) in [4.78, 5) is 16.0. The third-order valence-electron chi connectivity index (χ3n) is 2.68. The van der Waals surface area contributed by atoms with Gasteiger partial charge in [-0.25, -0.2) is 4.98 Å². The average Bonchev–Trinajstić information content (AvgIpc) is 2.81. The lowest BCUT2D eigenvalue weighted by molar-refractivity contribution is -0.384. The van der Waals surface area contributed by atoms with Crippen LogP contribution in [0.3, 0.4) is 0 Å². The van der Waals surface area contributed by atoms with Crippen molar-refractivity contribution in [2.45, 2.75) is 26.3 Å². The average molecular weight is 277 g/mol. The van der Waals surface area contributed by atoms with Crippen LogP contribution >= 0.6 is 11.3 Å². The molecule has 1 atom stereocenters. The van der Waals surface area contributed by atoms with Crippen LogP contribution in [-0.2, 0) is 6.42 Å². The Morgan fingerprint density at radius 1 is 1.47 bits per heavy atom. The van der Waals surface area contributed by atoms with Crippen LogP contribution in [0, 0.1) is 17.0 Å². The molecule has 0 aliphatic carbocycles. The predicted molar refractivity (Wildman–Crippen MR) is 76.7 cm³/mol. The van der Waals surface area contributed by atoms with E-state index in [1.54, 1.807) is 17.4 Å². The Kier molecular flexibility index (Phi) is 4.11. The number of hydrogen-bond acceptors (Lipinski definition) is 5. The quantitative estimate of drug-likeness (QED) is 0.671. The highest BCUT2D eigenvalue weighted by molar-refractivity contribution is 7.09. The van der Waals surface area contributed by atoms with E-state index in [4.69, 9.17) is 0 Å². The second kappa shape index (κ2) is 5.79. The van der Waals surface area contributed by atoms with E-state index in [1.807, 2.05) is 25.3 Å². The van der Waals surface area contributed by atoms with Gasteiger partial charge in [-0.05, 0) is 31.4 Å². The lowest BCUT2D eigenvalue weighted by Crippen LogP contribution is -2.19. The van der Waals surface area contributed by atoms with Crippen molar-refractivity contribution >= 4 is 22.8 Å². The standard InChI is InChI=1S/C13H15N3O2S/c1-9-5-6-12(16(17)18)13(14-9)15-10(2)8-11-4-3-7-19-11/h3-7,10H,8H2,1-2H3,(H,14,15). The Labute approximate surface area is 115 Å². The lowest BCUT2D eigenvalue weighted by atomic mass is 10.2. The number of rotatable bonds is 5. The van der Waals surface area contributed by atoms with Crippen molar-refractivity contribution in [3.63, 3.8) is 0 Å². The van der Waals surface area contributed by atoms with Crippen LogP contribution in [0.5, 0.6) is 0 Å². The van der Waals surface area contributed by atoms with Gasteiger partial charge in [-0.15, -0.1) is 11.3 Å². The molecule has 2 heterocycles. The Hall–Kier alpha value is -1.95. The highest BCUT2D eigenvalue weighted by Crippen LogP contribution is 2.23. The van der Waals surface area contributed by atoms with Crippen LogP contribution in [-0.4, -0.2) is 15.9 Å². The molecule has 0 fully saturated rings. The first-order valence-electron chi connectivity index (χ1n) is 5.97. The Bertz CT molecular complexity index is 569. The molecule has 5 nitrogen and oxygen atoms in total. The fourth-order valence-corrected chi connectivity index (χ4v) is 2.65. The molecular weight excluding hydrogens is 262 g/mol. The molecule has 2 aromatic rings. The molecule has 0 aliphatic rings. The topological polar surface area (TPSA) is 68.1 Å². The smallest absolute Gasteiger partial charge is 0.311 e. The SMILES string of the molecule is Cc1ccc([N+](=O)[O-])c(NC(C)Cc2cccs2)n1. The van der Waals surface area contributed by atoms with Crippen molar-refractivity contribution in [1.29, 1.82) is 0 Å². The maximum absolute atomic E-state index is 11.0. The molecule has 0 aliphatic heterocycles. The fourth-order valence-electron chi connectivity index (χ4n) is 1.82. The van der Waals surface area contributed by atoms with Crippen molar-refractivity contribution in [2.75, 3.05) is 5.32 Å². The molecule has 0 aromatic carbocycles. The van der Waals surface area contributed by atoms with Crippen molar-refractivity contribution in [3.05, 3.63) is 50.3 Å². The van der Waals surface area contributed by atoms with E-state index >= 15 is 0 Å². The number of hydrogen-bond donors (Lipinski definition) is 1. The van der Waals surface area contributed by atoms with Crippen LogP contribution in [0.4, 0.5) is 11.5 Å². The molecular formula is C13H15N3O2S. The third kappa shape index (κ3) is 3.51. The third-order valence-corrected chi connectivity index (χ3v) is 3.58. The molecule has 0 radical (unpaired) electrons. The number of pyridine rings is 1. The van der Waals surface area contributed by atoms with Gasteiger partial charge in [0, 0.05) is 29.1 Å². The molecule has 100 valence electrons. The maximum atomic E-state index is 11.0. The number of nitro groups is 1. The number of nitrogens with zero attached hydrogens (tertiary/aromatic N) is 2. The zero-order valence-corrected chi connectivity index (χ0v) is 11.6. The monoisotopic (exact) mass is 277 g/mol. The molecule has 1 unspecified atom stereocenters. The van der Waals surface area contributed by atoms with Gasteiger partial charge < -0.3 is 5.32 Å². The number of aryl methyl sites for hydroxylation is 1. The van der Waals surface area contributed by atoms with Gasteiger partial charge in [-0.2, -0.15) is 0 Å². The molecule has 2 aromatic heterocycles. The summed E-state index contributed by atoms with van der Waals surface area (Å²) in [7, 11) is 0. The summed E-state index contributed by atoms with van der Waals surface area (Å²) in [6, 6.07) is 7.28. The summed E-state index contributed by atoms with van der Waals surface area (Å²) < 4.78 is 0. The van der Waals surface area contributed by atoms with E-state index in [-0.39, 0.29) is 11.7 Å². The number of thiophene rings is 1. The van der Waals surface area contributed by atoms with Crippen LogP contribution in [0.15, 0.2) is 29.6 Å². The van der Waals surface area contributed by atoms with Gasteiger partial charge in [0.2, 0.25) is 5.82 Å². The van der Waals surface area contributed by atoms with E-state index in [1.165, 1.54) is 10.9 Å². The summed E-state index contributed by atoms with van der Waals surface area (Å²) in [6.07, 6.45) is 0.824. The summed E-state index contributed by atoms with van der Waals surface area (Å²) in [5.74, 6) is 0.342. The molecule has 0 spiro atoms. The van der Waals surface area contributed by atoms with Crippen LogP contribution < -0.4 is 5.32 Å². The zero-order valence-electron chi connectivity index (χ0n) is 10.8. The normalized spacial score (nSPS) is 12.1. The molecule has 0 bridgehead atoms. The van der Waals surface area contributed by atoms with E-state index in [0.29, 0.717) is 5.82 Å². The van der Waals surface area contributed by atoms with Crippen molar-refractivity contribution < 1.29 is 4.92 Å². The highest BCUT2D eigenvalue weighted by Gasteiger charge is 2.17. The summed E-state index contributed by atoms with van der Waals surface area (Å²) in [5, 5.41) is 16.1. The summed E-state index contributed by atoms with van der Waals surface area (Å²) in [5.41, 5.74) is 0.778. The first-order chi connectivity index (χ1) is 9.06. The van der Waals surface area contributed by atoms with Gasteiger partial charge in [0.15, 0.2) is 0 Å².